The summed E-state index contributed by atoms with van der Waals surface area (Å²) in [6, 6.07) is 10.6. The van der Waals surface area contributed by atoms with Crippen LogP contribution < -0.4 is 5.32 Å². The number of amides is 1. The summed E-state index contributed by atoms with van der Waals surface area (Å²) in [6.07, 6.45) is -4.65. The molecular weight excluding hydrogens is 349 g/mol. The molecule has 1 amide bonds. The molecule has 1 aromatic carbocycles. The van der Waals surface area contributed by atoms with E-state index in [0.717, 1.165) is 6.07 Å². The fraction of sp³-hybridized carbons (Fsp3) is 0.235. The van der Waals surface area contributed by atoms with Gasteiger partial charge in [-0.2, -0.15) is 18.3 Å². The third kappa shape index (κ3) is 3.67. The van der Waals surface area contributed by atoms with E-state index >= 15 is 0 Å². The van der Waals surface area contributed by atoms with E-state index in [1.165, 1.54) is 13.2 Å². The maximum atomic E-state index is 13.5. The summed E-state index contributed by atoms with van der Waals surface area (Å²) >= 11 is 0. The summed E-state index contributed by atoms with van der Waals surface area (Å²) in [5.41, 5.74) is -0.526. The molecule has 0 aliphatic heterocycles. The minimum absolute atomic E-state index is 0.0597. The first-order valence-electron chi connectivity index (χ1n) is 7.70. The van der Waals surface area contributed by atoms with Gasteiger partial charge in [-0.05, 0) is 6.07 Å². The van der Waals surface area contributed by atoms with E-state index in [1.54, 1.807) is 30.3 Å². The van der Waals surface area contributed by atoms with Crippen LogP contribution in [-0.4, -0.2) is 40.8 Å². The highest BCUT2D eigenvalue weighted by molar-refractivity contribution is 5.93. The lowest BCUT2D eigenvalue weighted by Gasteiger charge is -2.10. The first kappa shape index (κ1) is 17.9. The maximum absolute atomic E-state index is 13.5. The van der Waals surface area contributed by atoms with Crippen LogP contribution in [0.25, 0.3) is 16.9 Å². The third-order valence-corrected chi connectivity index (χ3v) is 3.61. The van der Waals surface area contributed by atoms with Gasteiger partial charge in [0.1, 0.15) is 0 Å². The van der Waals surface area contributed by atoms with Gasteiger partial charge in [-0.15, -0.1) is 0 Å². The molecule has 0 atom stereocenters. The summed E-state index contributed by atoms with van der Waals surface area (Å²) in [5, 5.41) is 6.29. The zero-order valence-corrected chi connectivity index (χ0v) is 13.7. The predicted molar refractivity (Wildman–Crippen MR) is 87.6 cm³/mol. The van der Waals surface area contributed by atoms with Crippen molar-refractivity contribution >= 4 is 11.6 Å². The van der Waals surface area contributed by atoms with Crippen molar-refractivity contribution in [1.82, 2.24) is 19.9 Å². The van der Waals surface area contributed by atoms with Gasteiger partial charge in [-0.1, -0.05) is 30.3 Å². The molecule has 2 heterocycles. The van der Waals surface area contributed by atoms with Crippen molar-refractivity contribution in [3.05, 3.63) is 53.9 Å². The largest absolute Gasteiger partial charge is 0.433 e. The molecule has 0 spiro atoms. The average molecular weight is 364 g/mol. The molecule has 136 valence electrons. The Morgan fingerprint density at radius 3 is 2.62 bits per heavy atom. The van der Waals surface area contributed by atoms with E-state index in [1.807, 2.05) is 0 Å². The van der Waals surface area contributed by atoms with Crippen LogP contribution in [0, 0.1) is 0 Å². The Bertz CT molecular complexity index is 923. The highest BCUT2D eigenvalue weighted by Crippen LogP contribution is 2.32. The monoisotopic (exact) mass is 364 g/mol. The molecule has 0 bridgehead atoms. The Hall–Kier alpha value is -2.94. The number of alkyl halides is 3. The van der Waals surface area contributed by atoms with Crippen molar-refractivity contribution in [3.8, 4) is 11.3 Å². The van der Waals surface area contributed by atoms with Crippen molar-refractivity contribution in [3.63, 3.8) is 0 Å². The standard InChI is InChI=1S/C17H15F3N4O2/c1-26-8-7-21-16(25)13-10-15-22-12(11-5-3-2-4-6-11)9-14(17(18,19)20)24(15)23-13/h2-6,9-10H,7-8H2,1H3,(H,21,25). The number of carbonyl (C=O) groups excluding carboxylic acids is 1. The Morgan fingerprint density at radius 1 is 1.23 bits per heavy atom. The summed E-state index contributed by atoms with van der Waals surface area (Å²) in [5.74, 6) is -0.595. The normalized spacial score (nSPS) is 11.7. The Labute approximate surface area is 146 Å². The minimum atomic E-state index is -4.65. The number of methoxy groups -OCH3 is 1. The molecule has 3 aromatic rings. The van der Waals surface area contributed by atoms with Gasteiger partial charge in [0, 0.05) is 25.3 Å². The molecule has 0 radical (unpaired) electrons. The van der Waals surface area contributed by atoms with Gasteiger partial charge < -0.3 is 10.1 Å². The van der Waals surface area contributed by atoms with E-state index in [2.05, 4.69) is 15.4 Å². The molecule has 9 heteroatoms. The van der Waals surface area contributed by atoms with Crippen molar-refractivity contribution in [2.24, 2.45) is 0 Å². The first-order chi connectivity index (χ1) is 12.4. The van der Waals surface area contributed by atoms with Gasteiger partial charge in [0.2, 0.25) is 0 Å². The number of ether oxygens (including phenoxy) is 1. The zero-order chi connectivity index (χ0) is 18.7. The Kier molecular flexibility index (Phi) is 4.90. The van der Waals surface area contributed by atoms with Crippen LogP contribution in [0.2, 0.25) is 0 Å². The molecule has 0 saturated carbocycles. The van der Waals surface area contributed by atoms with Crippen LogP contribution >= 0.6 is 0 Å². The molecule has 0 saturated heterocycles. The zero-order valence-electron chi connectivity index (χ0n) is 13.7. The number of rotatable bonds is 5. The molecule has 0 aliphatic rings. The van der Waals surface area contributed by atoms with E-state index < -0.39 is 17.8 Å². The number of benzene rings is 1. The topological polar surface area (TPSA) is 68.5 Å². The van der Waals surface area contributed by atoms with Crippen LogP contribution in [0.1, 0.15) is 16.2 Å². The molecule has 6 nitrogen and oxygen atoms in total. The molecule has 26 heavy (non-hydrogen) atoms. The van der Waals surface area contributed by atoms with E-state index in [0.29, 0.717) is 10.1 Å². The van der Waals surface area contributed by atoms with Crippen LogP contribution in [-0.2, 0) is 10.9 Å². The lowest BCUT2D eigenvalue weighted by Crippen LogP contribution is -2.27. The van der Waals surface area contributed by atoms with Crippen molar-refractivity contribution in [2.75, 3.05) is 20.3 Å². The fourth-order valence-corrected chi connectivity index (χ4v) is 2.40. The number of hydrogen-bond donors (Lipinski definition) is 1. The number of nitrogens with zero attached hydrogens (tertiary/aromatic N) is 3. The SMILES string of the molecule is COCCNC(=O)c1cc2nc(-c3ccccc3)cc(C(F)(F)F)n2n1. The molecule has 1 N–H and O–H groups in total. The number of aromatic nitrogens is 3. The van der Waals surface area contributed by atoms with Crippen LogP contribution in [0.3, 0.4) is 0 Å². The third-order valence-electron chi connectivity index (χ3n) is 3.61. The lowest BCUT2D eigenvalue weighted by atomic mass is 10.1. The number of halogens is 3. The minimum Gasteiger partial charge on any atom is -0.383 e. The maximum Gasteiger partial charge on any atom is 0.433 e. The summed E-state index contributed by atoms with van der Waals surface area (Å²) < 4.78 is 45.9. The molecule has 0 unspecified atom stereocenters. The van der Waals surface area contributed by atoms with Crippen molar-refractivity contribution in [1.29, 1.82) is 0 Å². The van der Waals surface area contributed by atoms with Gasteiger partial charge in [-0.3, -0.25) is 4.79 Å². The van der Waals surface area contributed by atoms with Crippen LogP contribution in [0.4, 0.5) is 13.2 Å². The van der Waals surface area contributed by atoms with Crippen LogP contribution in [0.5, 0.6) is 0 Å². The van der Waals surface area contributed by atoms with Crippen molar-refractivity contribution in [2.45, 2.75) is 6.18 Å². The van der Waals surface area contributed by atoms with E-state index in [9.17, 15) is 18.0 Å². The predicted octanol–water partition coefficient (Wildman–Crippen LogP) is 2.79. The number of fused-ring (bicyclic) bond motifs is 1. The average Bonchev–Trinajstić information content (AvgIpc) is 3.05. The van der Waals surface area contributed by atoms with Gasteiger partial charge in [-0.25, -0.2) is 9.50 Å². The smallest absolute Gasteiger partial charge is 0.383 e. The lowest BCUT2D eigenvalue weighted by molar-refractivity contribution is -0.142. The fourth-order valence-electron chi connectivity index (χ4n) is 2.40. The molecule has 0 aliphatic carbocycles. The second kappa shape index (κ2) is 7.12. The number of carbonyl (C=O) groups is 1. The Morgan fingerprint density at radius 2 is 1.96 bits per heavy atom. The van der Waals surface area contributed by atoms with Gasteiger partial charge >= 0.3 is 6.18 Å². The van der Waals surface area contributed by atoms with Gasteiger partial charge in [0.25, 0.3) is 5.91 Å². The van der Waals surface area contributed by atoms with E-state index in [4.69, 9.17) is 4.74 Å². The van der Waals surface area contributed by atoms with Gasteiger partial charge in [0.15, 0.2) is 17.0 Å². The quantitative estimate of drug-likeness (QED) is 0.707. The van der Waals surface area contributed by atoms with Crippen molar-refractivity contribution < 1.29 is 22.7 Å². The number of nitrogens with one attached hydrogen (secondary N) is 1. The van der Waals surface area contributed by atoms with Crippen LogP contribution in [0.15, 0.2) is 42.5 Å². The molecular formula is C17H15F3N4O2. The van der Waals surface area contributed by atoms with E-state index in [-0.39, 0.29) is 30.2 Å². The summed E-state index contributed by atoms with van der Waals surface area (Å²) in [6.45, 7) is 0.501. The highest BCUT2D eigenvalue weighted by Gasteiger charge is 2.35. The molecule has 3 rings (SSSR count). The first-order valence-corrected chi connectivity index (χ1v) is 7.70. The second-order valence-electron chi connectivity index (χ2n) is 5.44. The highest BCUT2D eigenvalue weighted by atomic mass is 19.4. The number of hydrogen-bond acceptors (Lipinski definition) is 4. The Balaban J connectivity index is 2.07. The summed E-state index contributed by atoms with van der Waals surface area (Å²) in [7, 11) is 1.47. The molecule has 0 fully saturated rings. The second-order valence-corrected chi connectivity index (χ2v) is 5.44. The molecule has 2 aromatic heterocycles. The van der Waals surface area contributed by atoms with Gasteiger partial charge in [0.05, 0.1) is 12.3 Å². The summed E-state index contributed by atoms with van der Waals surface area (Å²) in [4.78, 5) is 16.3.